The van der Waals surface area contributed by atoms with Gasteiger partial charge in [-0.2, -0.15) is 0 Å². The van der Waals surface area contributed by atoms with Crippen molar-refractivity contribution < 1.29 is 9.66 Å². The van der Waals surface area contributed by atoms with Crippen LogP contribution in [0.2, 0.25) is 0 Å². The zero-order valence-electron chi connectivity index (χ0n) is 10.7. The molecule has 1 aromatic rings. The van der Waals surface area contributed by atoms with E-state index in [1.807, 2.05) is 6.07 Å². The Morgan fingerprint density at radius 3 is 2.94 bits per heavy atom. The maximum absolute atomic E-state index is 10.9. The van der Waals surface area contributed by atoms with E-state index < -0.39 is 0 Å². The van der Waals surface area contributed by atoms with Crippen LogP contribution in [0.3, 0.4) is 0 Å². The van der Waals surface area contributed by atoms with Gasteiger partial charge in [-0.1, -0.05) is 12.1 Å². The van der Waals surface area contributed by atoms with Gasteiger partial charge in [0.05, 0.1) is 11.5 Å². The minimum absolute atomic E-state index is 0.0168. The first-order valence-electron chi connectivity index (χ1n) is 6.07. The van der Waals surface area contributed by atoms with E-state index in [9.17, 15) is 10.1 Å². The van der Waals surface area contributed by atoms with E-state index in [1.54, 1.807) is 19.1 Å². The Labute approximate surface area is 106 Å². The normalized spacial score (nSPS) is 23.2. The highest BCUT2D eigenvalue weighted by Gasteiger charge is 2.29. The average Bonchev–Trinajstić information content (AvgIpc) is 2.75. The molecule has 0 aromatic heterocycles. The molecule has 1 aliphatic heterocycles. The van der Waals surface area contributed by atoms with Crippen LogP contribution in [0, 0.1) is 17.0 Å². The van der Waals surface area contributed by atoms with Crippen molar-refractivity contribution in [2.45, 2.75) is 32.4 Å². The Bertz CT molecular complexity index is 454. The second kappa shape index (κ2) is 5.04. The molecule has 5 nitrogen and oxygen atoms in total. The van der Waals surface area contributed by atoms with Crippen LogP contribution in [0.15, 0.2) is 18.2 Å². The molecule has 98 valence electrons. The summed E-state index contributed by atoms with van der Waals surface area (Å²) in [4.78, 5) is 10.5. The van der Waals surface area contributed by atoms with E-state index in [-0.39, 0.29) is 16.1 Å². The summed E-state index contributed by atoms with van der Waals surface area (Å²) < 4.78 is 5.37. The first-order valence-corrected chi connectivity index (χ1v) is 6.07. The minimum Gasteiger partial charge on any atom is -0.379 e. The number of nitrogens with one attached hydrogen (secondary N) is 1. The summed E-state index contributed by atoms with van der Waals surface area (Å²) in [6, 6.07) is 5.20. The molecule has 0 saturated carbocycles. The van der Waals surface area contributed by atoms with Crippen molar-refractivity contribution >= 4 is 5.69 Å². The van der Waals surface area contributed by atoms with Crippen LogP contribution in [0.25, 0.3) is 0 Å². The van der Waals surface area contributed by atoms with E-state index >= 15 is 0 Å². The largest absolute Gasteiger partial charge is 0.379 e. The van der Waals surface area contributed by atoms with Gasteiger partial charge in [0.2, 0.25) is 0 Å². The van der Waals surface area contributed by atoms with Crippen LogP contribution in [-0.2, 0) is 11.3 Å². The Hall–Kier alpha value is -1.46. The maximum atomic E-state index is 10.9. The molecule has 0 bridgehead atoms. The molecule has 1 heterocycles. The molecule has 1 unspecified atom stereocenters. The van der Waals surface area contributed by atoms with Gasteiger partial charge >= 0.3 is 0 Å². The van der Waals surface area contributed by atoms with Crippen molar-refractivity contribution in [1.29, 1.82) is 0 Å². The lowest BCUT2D eigenvalue weighted by Gasteiger charge is -2.24. The van der Waals surface area contributed by atoms with E-state index in [2.05, 4.69) is 12.2 Å². The topological polar surface area (TPSA) is 64.4 Å². The summed E-state index contributed by atoms with van der Waals surface area (Å²) >= 11 is 0. The van der Waals surface area contributed by atoms with E-state index in [0.29, 0.717) is 13.2 Å². The third kappa shape index (κ3) is 2.68. The molecule has 1 saturated heterocycles. The fourth-order valence-electron chi connectivity index (χ4n) is 2.17. The monoisotopic (exact) mass is 250 g/mol. The van der Waals surface area contributed by atoms with Crippen LogP contribution >= 0.6 is 0 Å². The van der Waals surface area contributed by atoms with Crippen LogP contribution in [0.4, 0.5) is 5.69 Å². The quantitative estimate of drug-likeness (QED) is 0.657. The first-order chi connectivity index (χ1) is 8.52. The summed E-state index contributed by atoms with van der Waals surface area (Å²) in [5.41, 5.74) is 1.87. The first kappa shape index (κ1) is 13.0. The molecule has 0 amide bonds. The molecule has 1 aliphatic rings. The lowest BCUT2D eigenvalue weighted by Crippen LogP contribution is -2.42. The van der Waals surface area contributed by atoms with Gasteiger partial charge in [-0.05, 0) is 25.8 Å². The lowest BCUT2D eigenvalue weighted by molar-refractivity contribution is -0.385. The maximum Gasteiger partial charge on any atom is 0.272 e. The van der Waals surface area contributed by atoms with Crippen LogP contribution in [0.5, 0.6) is 0 Å². The van der Waals surface area contributed by atoms with Crippen molar-refractivity contribution in [3.63, 3.8) is 0 Å². The van der Waals surface area contributed by atoms with Crippen molar-refractivity contribution in [1.82, 2.24) is 5.32 Å². The highest BCUT2D eigenvalue weighted by atomic mass is 16.6. The van der Waals surface area contributed by atoms with Crippen LogP contribution in [0.1, 0.15) is 24.5 Å². The fourth-order valence-corrected chi connectivity index (χ4v) is 2.17. The zero-order chi connectivity index (χ0) is 13.2. The lowest BCUT2D eigenvalue weighted by atomic mass is 10.00. The van der Waals surface area contributed by atoms with Crippen molar-refractivity contribution in [3.05, 3.63) is 39.4 Å². The van der Waals surface area contributed by atoms with Gasteiger partial charge in [0, 0.05) is 30.3 Å². The number of hydrogen-bond donors (Lipinski definition) is 1. The average molecular weight is 250 g/mol. The summed E-state index contributed by atoms with van der Waals surface area (Å²) in [7, 11) is 0. The van der Waals surface area contributed by atoms with Gasteiger partial charge < -0.3 is 10.1 Å². The number of benzene rings is 1. The summed E-state index contributed by atoms with van der Waals surface area (Å²) in [6.45, 7) is 6.01. The number of ether oxygens (including phenoxy) is 1. The number of rotatable bonds is 4. The molecular weight excluding hydrogens is 232 g/mol. The Kier molecular flexibility index (Phi) is 3.63. The van der Waals surface area contributed by atoms with Gasteiger partial charge in [0.15, 0.2) is 0 Å². The SMILES string of the molecule is Cc1c(CNC2(C)CCOC2)cccc1[N+](=O)[O-]. The Morgan fingerprint density at radius 1 is 1.56 bits per heavy atom. The molecule has 1 fully saturated rings. The van der Waals surface area contributed by atoms with Gasteiger partial charge in [-0.3, -0.25) is 10.1 Å². The van der Waals surface area contributed by atoms with Gasteiger partial charge in [-0.15, -0.1) is 0 Å². The summed E-state index contributed by atoms with van der Waals surface area (Å²) in [5, 5.41) is 14.3. The smallest absolute Gasteiger partial charge is 0.272 e. The highest BCUT2D eigenvalue weighted by molar-refractivity contribution is 5.44. The fraction of sp³-hybridized carbons (Fsp3) is 0.538. The predicted octanol–water partition coefficient (Wildman–Crippen LogP) is 2.17. The van der Waals surface area contributed by atoms with Gasteiger partial charge in [0.1, 0.15) is 0 Å². The molecule has 0 aliphatic carbocycles. The highest BCUT2D eigenvalue weighted by Crippen LogP contribution is 2.23. The third-order valence-corrected chi connectivity index (χ3v) is 3.54. The van der Waals surface area contributed by atoms with E-state index in [4.69, 9.17) is 4.74 Å². The molecule has 1 aromatic carbocycles. The predicted molar refractivity (Wildman–Crippen MR) is 68.5 cm³/mol. The second-order valence-electron chi connectivity index (χ2n) is 5.04. The molecular formula is C13H18N2O3. The molecule has 0 radical (unpaired) electrons. The van der Waals surface area contributed by atoms with Crippen LogP contribution in [-0.4, -0.2) is 23.7 Å². The number of nitro benzene ring substituents is 1. The molecule has 2 rings (SSSR count). The summed E-state index contributed by atoms with van der Waals surface area (Å²) in [5.74, 6) is 0. The Balaban J connectivity index is 2.10. The molecule has 18 heavy (non-hydrogen) atoms. The minimum atomic E-state index is -0.334. The molecule has 1 atom stereocenters. The zero-order valence-corrected chi connectivity index (χ0v) is 10.7. The van der Waals surface area contributed by atoms with E-state index in [1.165, 1.54) is 0 Å². The number of nitro groups is 1. The number of nitrogens with zero attached hydrogens (tertiary/aromatic N) is 1. The molecule has 0 spiro atoms. The van der Waals surface area contributed by atoms with Crippen molar-refractivity contribution in [2.75, 3.05) is 13.2 Å². The second-order valence-corrected chi connectivity index (χ2v) is 5.04. The van der Waals surface area contributed by atoms with Gasteiger partial charge in [0.25, 0.3) is 5.69 Å². The molecule has 5 heteroatoms. The van der Waals surface area contributed by atoms with Crippen LogP contribution < -0.4 is 5.32 Å². The van der Waals surface area contributed by atoms with Crippen molar-refractivity contribution in [2.24, 2.45) is 0 Å². The number of hydrogen-bond acceptors (Lipinski definition) is 4. The molecule has 1 N–H and O–H groups in total. The van der Waals surface area contributed by atoms with Gasteiger partial charge in [-0.25, -0.2) is 0 Å². The van der Waals surface area contributed by atoms with E-state index in [0.717, 1.165) is 24.2 Å². The van der Waals surface area contributed by atoms with Crippen molar-refractivity contribution in [3.8, 4) is 0 Å². The third-order valence-electron chi connectivity index (χ3n) is 3.54. The summed E-state index contributed by atoms with van der Waals surface area (Å²) in [6.07, 6.45) is 0.973. The standard InChI is InChI=1S/C13H18N2O3/c1-10-11(4-3-5-12(10)15(16)17)8-14-13(2)6-7-18-9-13/h3-5,14H,6-9H2,1-2H3. The Morgan fingerprint density at radius 2 is 2.33 bits per heavy atom.